The van der Waals surface area contributed by atoms with E-state index in [2.05, 4.69) is 27.3 Å². The van der Waals surface area contributed by atoms with Gasteiger partial charge in [0.1, 0.15) is 18.9 Å². The summed E-state index contributed by atoms with van der Waals surface area (Å²) in [4.78, 5) is 19.4. The Bertz CT molecular complexity index is 1170. The van der Waals surface area contributed by atoms with E-state index in [-0.39, 0.29) is 5.56 Å². The first-order valence-corrected chi connectivity index (χ1v) is 11.6. The molecule has 4 heterocycles. The van der Waals surface area contributed by atoms with Crippen molar-refractivity contribution >= 4 is 11.0 Å². The maximum absolute atomic E-state index is 12.5. The predicted molar refractivity (Wildman–Crippen MR) is 126 cm³/mol. The molecule has 0 saturated carbocycles. The van der Waals surface area contributed by atoms with Gasteiger partial charge in [0.2, 0.25) is 5.88 Å². The van der Waals surface area contributed by atoms with E-state index in [0.29, 0.717) is 37.3 Å². The van der Waals surface area contributed by atoms with E-state index in [1.54, 1.807) is 17.7 Å². The number of hydrogen-bond acceptors (Lipinski definition) is 7. The van der Waals surface area contributed by atoms with Crippen molar-refractivity contribution in [2.75, 3.05) is 40.0 Å². The normalized spacial score (nSPS) is 16.8. The number of nitrogens with zero attached hydrogens (tertiary/aromatic N) is 3. The summed E-state index contributed by atoms with van der Waals surface area (Å²) in [5.41, 5.74) is 1.86. The smallest absolute Gasteiger partial charge is 0.252 e. The summed E-state index contributed by atoms with van der Waals surface area (Å²) in [6, 6.07) is 13.8. The van der Waals surface area contributed by atoms with E-state index in [9.17, 15) is 4.79 Å². The summed E-state index contributed by atoms with van der Waals surface area (Å²) in [5, 5.41) is 4.62. The van der Waals surface area contributed by atoms with Crippen LogP contribution < -0.4 is 25.1 Å². The molecule has 0 atom stereocenters. The number of ether oxygens (including phenoxy) is 3. The van der Waals surface area contributed by atoms with Gasteiger partial charge in [-0.2, -0.15) is 4.98 Å². The summed E-state index contributed by atoms with van der Waals surface area (Å²) in [6.07, 6.45) is 2.17. The number of likely N-dealkylation sites (tertiary alicyclic amines) is 1. The predicted octanol–water partition coefficient (Wildman–Crippen LogP) is 2.43. The molecule has 1 saturated heterocycles. The first kappa shape index (κ1) is 21.7. The highest BCUT2D eigenvalue weighted by Gasteiger charge is 2.19. The standard InChI is InChI=1S/C25H30N4O4/c1-31-23-6-3-19-4-7-24(30)29(25(19)27-23)13-12-28-10-8-20(9-11-28)26-17-18-2-5-21-22(16-18)33-15-14-32-21/h2-7,16,20,26H,8-15,17H2,1H3. The lowest BCUT2D eigenvalue weighted by molar-refractivity contribution is 0.171. The van der Waals surface area contributed by atoms with Gasteiger partial charge in [0.25, 0.3) is 5.56 Å². The Balaban J connectivity index is 1.13. The minimum absolute atomic E-state index is 0.0285. The van der Waals surface area contributed by atoms with E-state index in [1.807, 2.05) is 24.3 Å². The van der Waals surface area contributed by atoms with Crippen molar-refractivity contribution in [3.63, 3.8) is 0 Å². The molecule has 5 rings (SSSR count). The van der Waals surface area contributed by atoms with E-state index in [1.165, 1.54) is 5.56 Å². The van der Waals surface area contributed by atoms with Gasteiger partial charge in [-0.25, -0.2) is 0 Å². The van der Waals surface area contributed by atoms with Crippen molar-refractivity contribution in [1.82, 2.24) is 19.8 Å². The van der Waals surface area contributed by atoms with Gasteiger partial charge < -0.3 is 24.4 Å². The average Bonchev–Trinajstić information content (AvgIpc) is 2.87. The second kappa shape index (κ2) is 9.80. The fourth-order valence-electron chi connectivity index (χ4n) is 4.54. The largest absolute Gasteiger partial charge is 0.486 e. The van der Waals surface area contributed by atoms with E-state index >= 15 is 0 Å². The zero-order chi connectivity index (χ0) is 22.6. The molecule has 2 aliphatic rings. The molecule has 0 spiro atoms. The number of benzene rings is 1. The summed E-state index contributed by atoms with van der Waals surface area (Å²) >= 11 is 0. The third-order valence-corrected chi connectivity index (χ3v) is 6.44. The fourth-order valence-corrected chi connectivity index (χ4v) is 4.54. The number of aromatic nitrogens is 2. The molecular weight excluding hydrogens is 420 g/mol. The van der Waals surface area contributed by atoms with E-state index < -0.39 is 0 Å². The number of nitrogens with one attached hydrogen (secondary N) is 1. The van der Waals surface area contributed by atoms with E-state index in [0.717, 1.165) is 55.9 Å². The van der Waals surface area contributed by atoms with Gasteiger partial charge in [-0.1, -0.05) is 6.07 Å². The van der Waals surface area contributed by atoms with Crippen molar-refractivity contribution in [3.8, 4) is 17.4 Å². The van der Waals surface area contributed by atoms with Crippen LogP contribution in [0.25, 0.3) is 11.0 Å². The Labute approximate surface area is 193 Å². The SMILES string of the molecule is COc1ccc2ccc(=O)n(CCN3CCC(NCc4ccc5c(c4)OCCO5)CC3)c2n1. The van der Waals surface area contributed by atoms with Gasteiger partial charge in [0.15, 0.2) is 11.5 Å². The van der Waals surface area contributed by atoms with E-state index in [4.69, 9.17) is 14.2 Å². The van der Waals surface area contributed by atoms with Crippen molar-refractivity contribution in [1.29, 1.82) is 0 Å². The van der Waals surface area contributed by atoms with Crippen LogP contribution >= 0.6 is 0 Å². The van der Waals surface area contributed by atoms with Gasteiger partial charge in [0, 0.05) is 43.2 Å². The van der Waals surface area contributed by atoms with Crippen molar-refractivity contribution in [2.45, 2.75) is 32.0 Å². The molecule has 174 valence electrons. The third kappa shape index (κ3) is 4.96. The van der Waals surface area contributed by atoms with Crippen LogP contribution in [0.15, 0.2) is 47.3 Å². The lowest BCUT2D eigenvalue weighted by atomic mass is 10.0. The molecule has 0 bridgehead atoms. The Hall–Kier alpha value is -3.10. The fraction of sp³-hybridized carbons (Fsp3) is 0.440. The van der Waals surface area contributed by atoms with Gasteiger partial charge in [-0.05, 0) is 55.8 Å². The highest BCUT2D eigenvalue weighted by Crippen LogP contribution is 2.30. The van der Waals surface area contributed by atoms with Crippen LogP contribution in [0.4, 0.5) is 0 Å². The lowest BCUT2D eigenvalue weighted by Crippen LogP contribution is -2.43. The molecule has 2 aliphatic heterocycles. The minimum Gasteiger partial charge on any atom is -0.486 e. The molecule has 8 heteroatoms. The number of fused-ring (bicyclic) bond motifs is 2. The van der Waals surface area contributed by atoms with Crippen LogP contribution in [0.1, 0.15) is 18.4 Å². The Morgan fingerprint density at radius 2 is 1.82 bits per heavy atom. The second-order valence-electron chi connectivity index (χ2n) is 8.56. The van der Waals surface area contributed by atoms with Crippen LogP contribution in [0.2, 0.25) is 0 Å². The summed E-state index contributed by atoms with van der Waals surface area (Å²) < 4.78 is 18.3. The van der Waals surface area contributed by atoms with Gasteiger partial charge in [-0.15, -0.1) is 0 Å². The number of hydrogen-bond donors (Lipinski definition) is 1. The number of pyridine rings is 2. The molecule has 2 aromatic heterocycles. The quantitative estimate of drug-likeness (QED) is 0.592. The molecule has 33 heavy (non-hydrogen) atoms. The molecule has 0 radical (unpaired) electrons. The molecule has 0 amide bonds. The molecule has 8 nitrogen and oxygen atoms in total. The van der Waals surface area contributed by atoms with Crippen LogP contribution in [0.5, 0.6) is 17.4 Å². The summed E-state index contributed by atoms with van der Waals surface area (Å²) in [5.74, 6) is 2.19. The first-order valence-electron chi connectivity index (χ1n) is 11.6. The molecule has 1 N–H and O–H groups in total. The van der Waals surface area contributed by atoms with Crippen LogP contribution in [0.3, 0.4) is 0 Å². The molecule has 1 aromatic carbocycles. The van der Waals surface area contributed by atoms with Crippen molar-refractivity contribution in [2.24, 2.45) is 0 Å². The minimum atomic E-state index is -0.0285. The number of methoxy groups -OCH3 is 1. The molecular formula is C25H30N4O4. The number of rotatable bonds is 7. The highest BCUT2D eigenvalue weighted by molar-refractivity contribution is 5.75. The summed E-state index contributed by atoms with van der Waals surface area (Å²) in [7, 11) is 1.59. The average molecular weight is 451 g/mol. The van der Waals surface area contributed by atoms with Gasteiger partial charge in [-0.3, -0.25) is 9.36 Å². The maximum atomic E-state index is 12.5. The van der Waals surface area contributed by atoms with Gasteiger partial charge in [0.05, 0.1) is 7.11 Å². The first-order chi connectivity index (χ1) is 16.2. The van der Waals surface area contributed by atoms with Crippen LogP contribution in [0, 0.1) is 0 Å². The monoisotopic (exact) mass is 450 g/mol. The Kier molecular flexibility index (Phi) is 6.46. The molecule has 3 aromatic rings. The Morgan fingerprint density at radius 1 is 1.03 bits per heavy atom. The molecule has 0 aliphatic carbocycles. The third-order valence-electron chi connectivity index (χ3n) is 6.44. The zero-order valence-electron chi connectivity index (χ0n) is 19.0. The molecule has 1 fully saturated rings. The maximum Gasteiger partial charge on any atom is 0.252 e. The zero-order valence-corrected chi connectivity index (χ0v) is 19.0. The second-order valence-corrected chi connectivity index (χ2v) is 8.56. The topological polar surface area (TPSA) is 77.9 Å². The lowest BCUT2D eigenvalue weighted by Gasteiger charge is -2.32. The summed E-state index contributed by atoms with van der Waals surface area (Å²) in [6.45, 7) is 5.50. The van der Waals surface area contributed by atoms with Crippen LogP contribution in [-0.4, -0.2) is 60.5 Å². The Morgan fingerprint density at radius 3 is 2.64 bits per heavy atom. The van der Waals surface area contributed by atoms with Crippen molar-refractivity contribution < 1.29 is 14.2 Å². The molecule has 0 unspecified atom stereocenters. The van der Waals surface area contributed by atoms with Crippen molar-refractivity contribution in [3.05, 3.63) is 58.4 Å². The van der Waals surface area contributed by atoms with Crippen LogP contribution in [-0.2, 0) is 13.1 Å². The highest BCUT2D eigenvalue weighted by atomic mass is 16.6. The number of piperidine rings is 1. The van der Waals surface area contributed by atoms with Gasteiger partial charge >= 0.3 is 0 Å².